The monoisotopic (exact) mass is 511 g/mol. The summed E-state index contributed by atoms with van der Waals surface area (Å²) in [6.45, 7) is 10.7. The fraction of sp³-hybridized carbons (Fsp3) is 0.321. The Kier molecular flexibility index (Phi) is 6.47. The number of hydrogen-bond acceptors (Lipinski definition) is 4. The smallest absolute Gasteiger partial charge is 0.337 e. The van der Waals surface area contributed by atoms with Gasteiger partial charge in [0.25, 0.3) is 0 Å². The van der Waals surface area contributed by atoms with Gasteiger partial charge in [-0.25, -0.2) is 17.6 Å². The first kappa shape index (κ1) is 25.9. The molecule has 3 aromatic rings. The zero-order valence-corrected chi connectivity index (χ0v) is 22.0. The van der Waals surface area contributed by atoms with Gasteiger partial charge in [-0.3, -0.25) is 4.72 Å². The maximum atomic E-state index is 14.9. The van der Waals surface area contributed by atoms with Crippen LogP contribution < -0.4 is 4.72 Å². The summed E-state index contributed by atoms with van der Waals surface area (Å²) in [6.07, 6.45) is -1.37. The molecule has 0 unspecified atom stereocenters. The number of sulfonamides is 1. The Balaban J connectivity index is 2.19. The van der Waals surface area contributed by atoms with Crippen LogP contribution in [0.2, 0.25) is 0 Å². The molecule has 3 aromatic carbocycles. The van der Waals surface area contributed by atoms with Crippen LogP contribution in [-0.4, -0.2) is 25.1 Å². The number of hydrogen-bond donors (Lipinski definition) is 2. The molecular formula is C28H30FNO5S. The second kappa shape index (κ2) is 9.01. The van der Waals surface area contributed by atoms with Crippen LogP contribution in [0.1, 0.15) is 54.7 Å². The van der Waals surface area contributed by atoms with E-state index in [1.54, 1.807) is 46.8 Å². The van der Waals surface area contributed by atoms with Crippen molar-refractivity contribution in [2.75, 3.05) is 4.72 Å². The fourth-order valence-corrected chi connectivity index (χ4v) is 6.13. The van der Waals surface area contributed by atoms with E-state index in [1.807, 2.05) is 31.2 Å². The van der Waals surface area contributed by atoms with E-state index in [9.17, 15) is 22.7 Å². The molecule has 190 valence electrons. The SMILES string of the molecule is Cc1ccc(-c2c(C)c3c(c(C)c2[C@H](OC(C)(C)C)C(=O)O)NS(=O)(=O)Cc2c(F)cccc2-3)cc1. The van der Waals surface area contributed by atoms with Crippen molar-refractivity contribution in [2.45, 2.75) is 59.0 Å². The summed E-state index contributed by atoms with van der Waals surface area (Å²) in [6, 6.07) is 12.1. The molecule has 8 heteroatoms. The minimum Gasteiger partial charge on any atom is -0.479 e. The molecule has 1 aliphatic heterocycles. The Morgan fingerprint density at radius 1 is 1.03 bits per heavy atom. The highest BCUT2D eigenvalue weighted by atomic mass is 32.2. The Bertz CT molecular complexity index is 1470. The lowest BCUT2D eigenvalue weighted by molar-refractivity contribution is -0.160. The lowest BCUT2D eigenvalue weighted by atomic mass is 9.81. The molecule has 6 nitrogen and oxygen atoms in total. The summed E-state index contributed by atoms with van der Waals surface area (Å²) in [5.74, 6) is -2.33. The van der Waals surface area contributed by atoms with E-state index in [0.29, 0.717) is 33.4 Å². The van der Waals surface area contributed by atoms with E-state index < -0.39 is 39.3 Å². The van der Waals surface area contributed by atoms with Gasteiger partial charge in [-0.15, -0.1) is 0 Å². The summed E-state index contributed by atoms with van der Waals surface area (Å²) in [5, 5.41) is 10.3. The quantitative estimate of drug-likeness (QED) is 0.430. The van der Waals surface area contributed by atoms with Crippen molar-refractivity contribution in [3.8, 4) is 22.3 Å². The average molecular weight is 512 g/mol. The minimum absolute atomic E-state index is 0.0783. The molecule has 1 atom stereocenters. The zero-order chi connectivity index (χ0) is 26.6. The number of aliphatic carboxylic acids is 1. The number of halogens is 1. The third-order valence-corrected chi connectivity index (χ3v) is 7.51. The van der Waals surface area contributed by atoms with Gasteiger partial charge in [0, 0.05) is 16.7 Å². The van der Waals surface area contributed by atoms with E-state index in [1.165, 1.54) is 6.07 Å². The highest BCUT2D eigenvalue weighted by Gasteiger charge is 2.36. The molecule has 0 amide bonds. The summed E-state index contributed by atoms with van der Waals surface area (Å²) in [5.41, 5.74) is 4.34. The molecule has 0 saturated carbocycles. The average Bonchev–Trinajstić information content (AvgIpc) is 2.89. The van der Waals surface area contributed by atoms with Gasteiger partial charge in [0.15, 0.2) is 6.10 Å². The van der Waals surface area contributed by atoms with E-state index in [-0.39, 0.29) is 11.3 Å². The highest BCUT2D eigenvalue weighted by Crippen LogP contribution is 2.49. The number of nitrogens with one attached hydrogen (secondary N) is 1. The van der Waals surface area contributed by atoms with E-state index in [2.05, 4.69) is 4.72 Å². The molecule has 0 bridgehead atoms. The van der Waals surface area contributed by atoms with Crippen molar-refractivity contribution in [2.24, 2.45) is 0 Å². The topological polar surface area (TPSA) is 92.7 Å². The predicted molar refractivity (Wildman–Crippen MR) is 139 cm³/mol. The molecule has 2 N–H and O–H groups in total. The molecule has 0 fully saturated rings. The van der Waals surface area contributed by atoms with Crippen molar-refractivity contribution >= 4 is 21.7 Å². The van der Waals surface area contributed by atoms with Gasteiger partial charge >= 0.3 is 5.97 Å². The van der Waals surface area contributed by atoms with Gasteiger partial charge in [-0.2, -0.15) is 0 Å². The first-order valence-electron chi connectivity index (χ1n) is 11.6. The van der Waals surface area contributed by atoms with Crippen molar-refractivity contribution in [1.29, 1.82) is 0 Å². The van der Waals surface area contributed by atoms with Crippen LogP contribution >= 0.6 is 0 Å². The standard InChI is InChI=1S/C28H30FNO5S/c1-15-10-12-18(13-11-15)22-16(2)23-19-8-7-9-21(29)20(19)14-36(33,34)30-25(23)17(3)24(22)26(27(31)32)35-28(4,5)6/h7-13,26,30H,14H2,1-6H3,(H,31,32)/t26-/m0/s1. The van der Waals surface area contributed by atoms with Gasteiger partial charge < -0.3 is 9.84 Å². The van der Waals surface area contributed by atoms with Crippen molar-refractivity contribution in [3.63, 3.8) is 0 Å². The fourth-order valence-electron chi connectivity index (χ4n) is 4.82. The maximum absolute atomic E-state index is 14.9. The molecule has 1 heterocycles. The molecule has 4 rings (SSSR count). The predicted octanol–water partition coefficient (Wildman–Crippen LogP) is 6.28. The Morgan fingerprint density at radius 3 is 2.25 bits per heavy atom. The van der Waals surface area contributed by atoms with E-state index >= 15 is 0 Å². The van der Waals surface area contributed by atoms with Crippen molar-refractivity contribution < 1.29 is 27.4 Å². The van der Waals surface area contributed by atoms with Gasteiger partial charge in [0.05, 0.1) is 17.0 Å². The van der Waals surface area contributed by atoms with Gasteiger partial charge in [-0.1, -0.05) is 42.0 Å². The third kappa shape index (κ3) is 4.75. The van der Waals surface area contributed by atoms with Gasteiger partial charge in [-0.05, 0) is 75.4 Å². The highest BCUT2D eigenvalue weighted by molar-refractivity contribution is 7.92. The number of carbonyl (C=O) groups is 1. The number of carboxylic acid groups (broad SMARTS) is 1. The van der Waals surface area contributed by atoms with Crippen LogP contribution in [0.5, 0.6) is 0 Å². The number of carboxylic acids is 1. The Morgan fingerprint density at radius 2 is 1.67 bits per heavy atom. The lowest BCUT2D eigenvalue weighted by Gasteiger charge is -2.31. The summed E-state index contributed by atoms with van der Waals surface area (Å²) in [7, 11) is -3.97. The first-order chi connectivity index (χ1) is 16.7. The van der Waals surface area contributed by atoms with Crippen LogP contribution in [0.3, 0.4) is 0 Å². The van der Waals surface area contributed by atoms with Crippen molar-refractivity contribution in [1.82, 2.24) is 0 Å². The van der Waals surface area contributed by atoms with Crippen LogP contribution in [0.15, 0.2) is 42.5 Å². The largest absolute Gasteiger partial charge is 0.479 e. The van der Waals surface area contributed by atoms with E-state index in [0.717, 1.165) is 11.1 Å². The second-order valence-corrected chi connectivity index (χ2v) is 12.0. The molecule has 0 aromatic heterocycles. The van der Waals surface area contributed by atoms with Crippen LogP contribution in [-0.2, 0) is 25.3 Å². The first-order valence-corrected chi connectivity index (χ1v) is 13.3. The normalized spacial score (nSPS) is 15.3. The van der Waals surface area contributed by atoms with Crippen LogP contribution in [0, 0.1) is 26.6 Å². The number of benzene rings is 3. The van der Waals surface area contributed by atoms with Crippen LogP contribution in [0.4, 0.5) is 10.1 Å². The third-order valence-electron chi connectivity index (χ3n) is 6.33. The number of rotatable bonds is 4. The molecule has 0 radical (unpaired) electrons. The Hall–Kier alpha value is -3.23. The second-order valence-electron chi connectivity index (χ2n) is 10.2. The zero-order valence-electron chi connectivity index (χ0n) is 21.2. The van der Waals surface area contributed by atoms with Crippen molar-refractivity contribution in [3.05, 3.63) is 76.1 Å². The summed E-state index contributed by atoms with van der Waals surface area (Å²) < 4.78 is 49.6. The molecule has 0 saturated heterocycles. The summed E-state index contributed by atoms with van der Waals surface area (Å²) >= 11 is 0. The Labute approximate surface area is 211 Å². The van der Waals surface area contributed by atoms with Gasteiger partial charge in [0.2, 0.25) is 10.0 Å². The number of fused-ring (bicyclic) bond motifs is 3. The molecule has 0 spiro atoms. The lowest BCUT2D eigenvalue weighted by Crippen LogP contribution is -2.29. The number of ether oxygens (including phenoxy) is 1. The van der Waals surface area contributed by atoms with E-state index in [4.69, 9.17) is 4.74 Å². The number of anilines is 1. The summed E-state index contributed by atoms with van der Waals surface area (Å²) in [4.78, 5) is 12.6. The minimum atomic E-state index is -3.97. The van der Waals surface area contributed by atoms with Crippen LogP contribution in [0.25, 0.3) is 22.3 Å². The molecule has 1 aliphatic rings. The molecule has 36 heavy (non-hydrogen) atoms. The maximum Gasteiger partial charge on any atom is 0.337 e. The number of aryl methyl sites for hydroxylation is 1. The molecular weight excluding hydrogens is 481 g/mol. The molecule has 0 aliphatic carbocycles. The van der Waals surface area contributed by atoms with Gasteiger partial charge in [0.1, 0.15) is 5.82 Å².